The number of nitrogens with zero attached hydrogens (tertiary/aromatic N) is 1. The van der Waals surface area contributed by atoms with Gasteiger partial charge in [0.15, 0.2) is 0 Å². The Morgan fingerprint density at radius 3 is 2.08 bits per heavy atom. The molecule has 8 nitrogen and oxygen atoms in total. The first-order valence-electron chi connectivity index (χ1n) is 7.24. The van der Waals surface area contributed by atoms with Crippen LogP contribution in [-0.4, -0.2) is 84.9 Å². The Balaban J connectivity index is 0.00000576. The number of hydrogen-bond donors (Lipinski definition) is 6. The van der Waals surface area contributed by atoms with Crippen LogP contribution in [0.3, 0.4) is 0 Å². The average molecular weight is 395 g/mol. The summed E-state index contributed by atoms with van der Waals surface area (Å²) in [5.74, 6) is 0.704. The molecule has 1 rings (SSSR count). The van der Waals surface area contributed by atoms with Gasteiger partial charge in [-0.3, -0.25) is 0 Å². The maximum Gasteiger partial charge on any atom is 0.133 e. The SMILES string of the molecule is COc1ccc(CN(C[C@H](O)[C@@H](O)[C@H](O)[C@H](O)CO)C(=S)S)cc1.O. The molecule has 144 valence electrons. The van der Waals surface area contributed by atoms with Crippen molar-refractivity contribution in [3.8, 4) is 5.75 Å². The van der Waals surface area contributed by atoms with Gasteiger partial charge in [0.05, 0.1) is 13.7 Å². The predicted octanol–water partition coefficient (Wildman–Crippen LogP) is -1.68. The summed E-state index contributed by atoms with van der Waals surface area (Å²) in [6, 6.07) is 7.21. The number of thiocarbonyl (C=S) groups is 1. The third kappa shape index (κ3) is 7.42. The zero-order chi connectivity index (χ0) is 18.3. The van der Waals surface area contributed by atoms with E-state index in [9.17, 15) is 20.4 Å². The van der Waals surface area contributed by atoms with Crippen LogP contribution in [-0.2, 0) is 6.54 Å². The van der Waals surface area contributed by atoms with Gasteiger partial charge in [0, 0.05) is 13.1 Å². The summed E-state index contributed by atoms with van der Waals surface area (Å²) in [5, 5.41) is 47.7. The van der Waals surface area contributed by atoms with Gasteiger partial charge in [-0.25, -0.2) is 0 Å². The molecule has 0 spiro atoms. The van der Waals surface area contributed by atoms with E-state index in [1.54, 1.807) is 19.2 Å². The number of hydrogen-bond acceptors (Lipinski definition) is 7. The van der Waals surface area contributed by atoms with E-state index >= 15 is 0 Å². The highest BCUT2D eigenvalue weighted by molar-refractivity contribution is 8.10. The van der Waals surface area contributed by atoms with Crippen LogP contribution in [0.4, 0.5) is 0 Å². The van der Waals surface area contributed by atoms with Crippen molar-refractivity contribution in [2.24, 2.45) is 0 Å². The van der Waals surface area contributed by atoms with Gasteiger partial charge in [0.1, 0.15) is 34.5 Å². The zero-order valence-electron chi connectivity index (χ0n) is 13.7. The number of methoxy groups -OCH3 is 1. The molecule has 0 saturated heterocycles. The Morgan fingerprint density at radius 2 is 1.64 bits per heavy atom. The molecule has 0 saturated carbocycles. The lowest BCUT2D eigenvalue weighted by Crippen LogP contribution is -2.49. The normalized spacial score (nSPS) is 15.5. The number of aliphatic hydroxyl groups is 5. The summed E-state index contributed by atoms with van der Waals surface area (Å²) in [7, 11) is 1.56. The van der Waals surface area contributed by atoms with Crippen molar-refractivity contribution in [3.63, 3.8) is 0 Å². The Morgan fingerprint density at radius 1 is 1.12 bits per heavy atom. The maximum atomic E-state index is 10.1. The van der Waals surface area contributed by atoms with Crippen LogP contribution in [0.5, 0.6) is 5.75 Å². The summed E-state index contributed by atoms with van der Waals surface area (Å²) in [4.78, 5) is 1.53. The average Bonchev–Trinajstić information content (AvgIpc) is 2.59. The van der Waals surface area contributed by atoms with Gasteiger partial charge in [0.2, 0.25) is 0 Å². The molecule has 7 N–H and O–H groups in total. The molecule has 0 aliphatic rings. The second kappa shape index (κ2) is 11.6. The van der Waals surface area contributed by atoms with Crippen molar-refractivity contribution in [2.75, 3.05) is 20.3 Å². The molecule has 1 aromatic carbocycles. The van der Waals surface area contributed by atoms with Crippen molar-refractivity contribution in [1.29, 1.82) is 0 Å². The van der Waals surface area contributed by atoms with Gasteiger partial charge in [-0.2, -0.15) is 0 Å². The number of rotatable bonds is 9. The van der Waals surface area contributed by atoms with E-state index in [-0.39, 0.29) is 16.3 Å². The topological polar surface area (TPSA) is 145 Å². The van der Waals surface area contributed by atoms with Crippen molar-refractivity contribution in [1.82, 2.24) is 4.90 Å². The van der Waals surface area contributed by atoms with Crippen molar-refractivity contribution in [2.45, 2.75) is 31.0 Å². The van der Waals surface area contributed by atoms with Gasteiger partial charge in [-0.15, -0.1) is 12.6 Å². The highest BCUT2D eigenvalue weighted by Crippen LogP contribution is 2.15. The molecule has 0 bridgehead atoms. The first-order chi connectivity index (χ1) is 11.3. The van der Waals surface area contributed by atoms with Crippen LogP contribution in [0.1, 0.15) is 5.56 Å². The fourth-order valence-electron chi connectivity index (χ4n) is 2.06. The maximum absolute atomic E-state index is 10.1. The molecule has 25 heavy (non-hydrogen) atoms. The number of benzene rings is 1. The predicted molar refractivity (Wildman–Crippen MR) is 99.7 cm³/mol. The van der Waals surface area contributed by atoms with Gasteiger partial charge >= 0.3 is 0 Å². The highest BCUT2D eigenvalue weighted by atomic mass is 32.1. The molecule has 0 aliphatic heterocycles. The minimum Gasteiger partial charge on any atom is -0.497 e. The Kier molecular flexibility index (Phi) is 11.1. The smallest absolute Gasteiger partial charge is 0.133 e. The lowest BCUT2D eigenvalue weighted by atomic mass is 10.0. The van der Waals surface area contributed by atoms with E-state index in [0.29, 0.717) is 12.3 Å². The summed E-state index contributed by atoms with van der Waals surface area (Å²) in [6.07, 6.45) is -6.27. The van der Waals surface area contributed by atoms with E-state index < -0.39 is 31.0 Å². The van der Waals surface area contributed by atoms with E-state index in [1.807, 2.05) is 12.1 Å². The molecule has 0 aliphatic carbocycles. The lowest BCUT2D eigenvalue weighted by Gasteiger charge is -2.30. The van der Waals surface area contributed by atoms with Crippen molar-refractivity contribution < 1.29 is 35.7 Å². The quantitative estimate of drug-likeness (QED) is 0.215. The van der Waals surface area contributed by atoms with Crippen LogP contribution in [0.15, 0.2) is 24.3 Å². The Bertz CT molecular complexity index is 517. The van der Waals surface area contributed by atoms with E-state index in [4.69, 9.17) is 22.1 Å². The molecule has 1 aromatic rings. The summed E-state index contributed by atoms with van der Waals surface area (Å²) in [6.45, 7) is -0.509. The third-order valence-electron chi connectivity index (χ3n) is 3.54. The number of thiol groups is 1. The van der Waals surface area contributed by atoms with Crippen LogP contribution < -0.4 is 4.74 Å². The van der Waals surface area contributed by atoms with Crippen LogP contribution in [0.25, 0.3) is 0 Å². The lowest BCUT2D eigenvalue weighted by molar-refractivity contribution is -0.117. The molecule has 10 heteroatoms. The first kappa shape index (κ1) is 24.0. The molecule has 4 atom stereocenters. The van der Waals surface area contributed by atoms with Gasteiger partial charge in [-0.1, -0.05) is 24.4 Å². The minimum absolute atomic E-state index is 0. The molecular formula is C15H25NO7S2. The number of aliphatic hydroxyl groups excluding tert-OH is 5. The molecule has 0 amide bonds. The third-order valence-corrected chi connectivity index (χ3v) is 4.08. The molecule has 0 unspecified atom stereocenters. The fourth-order valence-corrected chi connectivity index (χ4v) is 2.35. The van der Waals surface area contributed by atoms with Gasteiger partial charge in [-0.05, 0) is 17.7 Å². The second-order valence-corrected chi connectivity index (χ2v) is 6.42. The van der Waals surface area contributed by atoms with Crippen LogP contribution >= 0.6 is 24.8 Å². The Labute approximate surface area is 157 Å². The van der Waals surface area contributed by atoms with Crippen LogP contribution in [0, 0.1) is 0 Å². The molecule has 0 aromatic heterocycles. The molecular weight excluding hydrogens is 370 g/mol. The zero-order valence-corrected chi connectivity index (χ0v) is 15.4. The molecule has 0 heterocycles. The second-order valence-electron chi connectivity index (χ2n) is 5.31. The van der Waals surface area contributed by atoms with Gasteiger partial charge < -0.3 is 40.6 Å². The van der Waals surface area contributed by atoms with Crippen molar-refractivity contribution in [3.05, 3.63) is 29.8 Å². The first-order valence-corrected chi connectivity index (χ1v) is 8.09. The number of ether oxygens (including phenoxy) is 1. The fraction of sp³-hybridized carbons (Fsp3) is 0.533. The molecule has 0 radical (unpaired) electrons. The van der Waals surface area contributed by atoms with Crippen molar-refractivity contribution >= 4 is 29.2 Å². The van der Waals surface area contributed by atoms with E-state index in [1.165, 1.54) is 4.90 Å². The highest BCUT2D eigenvalue weighted by Gasteiger charge is 2.31. The van der Waals surface area contributed by atoms with E-state index in [0.717, 1.165) is 5.56 Å². The molecule has 0 fully saturated rings. The summed E-state index contributed by atoms with van der Waals surface area (Å²) in [5.41, 5.74) is 0.879. The van der Waals surface area contributed by atoms with Crippen LogP contribution in [0.2, 0.25) is 0 Å². The minimum atomic E-state index is -1.68. The Hall–Kier alpha value is -0.980. The monoisotopic (exact) mass is 395 g/mol. The summed E-state index contributed by atoms with van der Waals surface area (Å²) < 4.78 is 5.28. The summed E-state index contributed by atoms with van der Waals surface area (Å²) >= 11 is 9.13. The van der Waals surface area contributed by atoms with Gasteiger partial charge in [0.25, 0.3) is 0 Å². The standard InChI is InChI=1S/C15H23NO6S2.H2O/c1-22-10-4-2-9(3-5-10)6-16(15(23)24)7-11(18)13(20)14(21)12(19)8-17;/h2-5,11-14,17-21H,6-8H2,1H3,(H,23,24);1H2/t11-,12+,13+,14+;/m0./s1. The largest absolute Gasteiger partial charge is 0.497 e. The van der Waals surface area contributed by atoms with E-state index in [2.05, 4.69) is 12.6 Å².